The van der Waals surface area contributed by atoms with Crippen molar-refractivity contribution in [1.82, 2.24) is 0 Å². The van der Waals surface area contributed by atoms with Crippen LogP contribution >= 0.6 is 23.2 Å². The second-order valence-electron chi connectivity index (χ2n) is 7.09. The molecule has 6 nitrogen and oxygen atoms in total. The molecule has 4 rings (SSSR count). The summed E-state index contributed by atoms with van der Waals surface area (Å²) in [6, 6.07) is 16.2. The smallest absolute Gasteiger partial charge is 0.300 e. The van der Waals surface area contributed by atoms with Gasteiger partial charge in [0, 0.05) is 17.3 Å². The van der Waals surface area contributed by atoms with Gasteiger partial charge in [-0.15, -0.1) is 0 Å². The van der Waals surface area contributed by atoms with Crippen LogP contribution in [0.1, 0.15) is 17.2 Å². The Hall–Kier alpha value is -3.48. The number of phenolic OH excluding ortho intramolecular Hbond substituents is 1. The van der Waals surface area contributed by atoms with E-state index >= 15 is 0 Å². The average Bonchev–Trinajstić information content (AvgIpc) is 3.06. The summed E-state index contributed by atoms with van der Waals surface area (Å²) in [5.41, 5.74) is 0.927. The first kappa shape index (κ1) is 21.7. The van der Waals surface area contributed by atoms with Crippen molar-refractivity contribution in [3.8, 4) is 11.5 Å². The third-order valence-corrected chi connectivity index (χ3v) is 5.89. The number of carbonyl (C=O) groups excluding carboxylic acids is 2. The normalized spacial score (nSPS) is 17.6. The fraction of sp³-hybridized carbons (Fsp3) is 0.0833. The number of hydrogen-bond donors (Lipinski definition) is 2. The van der Waals surface area contributed by atoms with Gasteiger partial charge in [0.05, 0.1) is 28.8 Å². The number of phenols is 1. The van der Waals surface area contributed by atoms with Gasteiger partial charge >= 0.3 is 0 Å². The van der Waals surface area contributed by atoms with E-state index in [-0.39, 0.29) is 26.9 Å². The lowest BCUT2D eigenvalue weighted by atomic mass is 9.95. The van der Waals surface area contributed by atoms with Gasteiger partial charge in [-0.3, -0.25) is 14.5 Å². The van der Waals surface area contributed by atoms with Gasteiger partial charge in [-0.25, -0.2) is 0 Å². The SMILES string of the molecule is COc1cccc(N2C(=O)C(=O)/C(=C(/O)c3ccc(Cl)c(Cl)c3)C2c2cccc(O)c2)c1. The van der Waals surface area contributed by atoms with Crippen molar-refractivity contribution in [2.45, 2.75) is 6.04 Å². The van der Waals surface area contributed by atoms with E-state index in [0.29, 0.717) is 17.0 Å². The molecule has 1 aliphatic rings. The van der Waals surface area contributed by atoms with Gasteiger partial charge in [0.1, 0.15) is 17.3 Å². The van der Waals surface area contributed by atoms with E-state index in [1.54, 1.807) is 36.4 Å². The zero-order valence-electron chi connectivity index (χ0n) is 16.8. The summed E-state index contributed by atoms with van der Waals surface area (Å²) >= 11 is 12.1. The number of anilines is 1. The number of aromatic hydroxyl groups is 1. The van der Waals surface area contributed by atoms with Crippen LogP contribution in [0.15, 0.2) is 72.3 Å². The number of ether oxygens (including phenoxy) is 1. The van der Waals surface area contributed by atoms with Crippen molar-refractivity contribution in [2.24, 2.45) is 0 Å². The lowest BCUT2D eigenvalue weighted by Crippen LogP contribution is -2.29. The van der Waals surface area contributed by atoms with Crippen molar-refractivity contribution >= 4 is 46.3 Å². The molecular weight excluding hydrogens is 453 g/mol. The van der Waals surface area contributed by atoms with Crippen molar-refractivity contribution in [3.63, 3.8) is 0 Å². The van der Waals surface area contributed by atoms with Crippen LogP contribution in [0.2, 0.25) is 10.0 Å². The highest BCUT2D eigenvalue weighted by atomic mass is 35.5. The number of amides is 1. The highest BCUT2D eigenvalue weighted by Gasteiger charge is 2.47. The Morgan fingerprint density at radius 2 is 1.72 bits per heavy atom. The molecule has 1 atom stereocenters. The molecule has 0 spiro atoms. The van der Waals surface area contributed by atoms with Gasteiger partial charge in [-0.2, -0.15) is 0 Å². The standard InChI is InChI=1S/C24H17Cl2NO5/c1-32-17-7-3-5-15(12-17)27-21(13-4-2-6-16(28)10-13)20(23(30)24(27)31)22(29)14-8-9-18(25)19(26)11-14/h2-12,21,28-29H,1H3/b22-20+. The minimum absolute atomic E-state index is 0.0479. The second-order valence-corrected chi connectivity index (χ2v) is 7.91. The number of aliphatic hydroxyl groups is 1. The van der Waals surface area contributed by atoms with Crippen LogP contribution in [-0.2, 0) is 9.59 Å². The number of carbonyl (C=O) groups is 2. The van der Waals surface area contributed by atoms with E-state index in [0.717, 1.165) is 0 Å². The molecule has 3 aromatic carbocycles. The number of nitrogens with zero attached hydrogens (tertiary/aromatic N) is 1. The van der Waals surface area contributed by atoms with E-state index < -0.39 is 23.5 Å². The fourth-order valence-electron chi connectivity index (χ4n) is 3.67. The third kappa shape index (κ3) is 3.79. The van der Waals surface area contributed by atoms with Crippen LogP contribution in [0.25, 0.3) is 5.76 Å². The Morgan fingerprint density at radius 1 is 0.969 bits per heavy atom. The summed E-state index contributed by atoms with van der Waals surface area (Å²) in [5, 5.41) is 21.6. The summed E-state index contributed by atoms with van der Waals surface area (Å²) in [4.78, 5) is 27.5. The molecule has 162 valence electrons. The molecule has 1 fully saturated rings. The maximum absolute atomic E-state index is 13.1. The molecule has 0 bridgehead atoms. The van der Waals surface area contributed by atoms with Crippen LogP contribution in [0.3, 0.4) is 0 Å². The Bertz CT molecular complexity index is 1270. The quantitative estimate of drug-likeness (QED) is 0.306. The zero-order chi connectivity index (χ0) is 23.0. The zero-order valence-corrected chi connectivity index (χ0v) is 18.3. The number of rotatable bonds is 4. The number of halogens is 2. The summed E-state index contributed by atoms with van der Waals surface area (Å²) in [6.07, 6.45) is 0. The molecule has 32 heavy (non-hydrogen) atoms. The van der Waals surface area contributed by atoms with Crippen LogP contribution in [0.4, 0.5) is 5.69 Å². The monoisotopic (exact) mass is 469 g/mol. The first-order valence-electron chi connectivity index (χ1n) is 9.51. The Morgan fingerprint density at radius 3 is 2.41 bits per heavy atom. The Balaban J connectivity index is 1.96. The molecule has 0 aromatic heterocycles. The van der Waals surface area contributed by atoms with E-state index in [9.17, 15) is 19.8 Å². The van der Waals surface area contributed by atoms with Gasteiger partial charge in [-0.05, 0) is 48.0 Å². The van der Waals surface area contributed by atoms with Gasteiger partial charge < -0.3 is 14.9 Å². The first-order valence-corrected chi connectivity index (χ1v) is 10.3. The molecule has 1 aliphatic heterocycles. The number of Topliss-reactive ketones (excluding diaryl/α,β-unsaturated/α-hetero) is 1. The molecule has 0 radical (unpaired) electrons. The van der Waals surface area contributed by atoms with Crippen LogP contribution in [-0.4, -0.2) is 29.0 Å². The second kappa shape index (κ2) is 8.57. The number of ketones is 1. The predicted molar refractivity (Wildman–Crippen MR) is 122 cm³/mol. The largest absolute Gasteiger partial charge is 0.508 e. The predicted octanol–water partition coefficient (Wildman–Crippen LogP) is 5.33. The Labute approximate surface area is 193 Å². The number of aliphatic hydroxyl groups excluding tert-OH is 1. The van der Waals surface area contributed by atoms with E-state index in [1.165, 1.54) is 42.3 Å². The highest BCUT2D eigenvalue weighted by Crippen LogP contribution is 2.43. The molecule has 1 unspecified atom stereocenters. The molecule has 1 amide bonds. The molecule has 2 N–H and O–H groups in total. The van der Waals surface area contributed by atoms with Crippen LogP contribution in [0, 0.1) is 0 Å². The van der Waals surface area contributed by atoms with Crippen molar-refractivity contribution < 1.29 is 24.5 Å². The van der Waals surface area contributed by atoms with E-state index in [1.807, 2.05) is 0 Å². The molecule has 1 heterocycles. The topological polar surface area (TPSA) is 87.1 Å². The number of hydrogen-bond acceptors (Lipinski definition) is 5. The molecule has 8 heteroatoms. The maximum atomic E-state index is 13.1. The first-order chi connectivity index (χ1) is 15.3. The number of methoxy groups -OCH3 is 1. The van der Waals surface area contributed by atoms with Crippen molar-refractivity contribution in [2.75, 3.05) is 12.0 Å². The minimum Gasteiger partial charge on any atom is -0.508 e. The van der Waals surface area contributed by atoms with Gasteiger partial charge in [-0.1, -0.05) is 41.4 Å². The maximum Gasteiger partial charge on any atom is 0.300 e. The highest BCUT2D eigenvalue weighted by molar-refractivity contribution is 6.51. The van der Waals surface area contributed by atoms with E-state index in [4.69, 9.17) is 27.9 Å². The van der Waals surface area contributed by atoms with Gasteiger partial charge in [0.15, 0.2) is 0 Å². The van der Waals surface area contributed by atoms with Gasteiger partial charge in [0.2, 0.25) is 0 Å². The van der Waals surface area contributed by atoms with Crippen LogP contribution < -0.4 is 9.64 Å². The van der Waals surface area contributed by atoms with Crippen LogP contribution in [0.5, 0.6) is 11.5 Å². The molecular formula is C24H17Cl2NO5. The minimum atomic E-state index is -0.997. The lowest BCUT2D eigenvalue weighted by Gasteiger charge is -2.25. The summed E-state index contributed by atoms with van der Waals surface area (Å²) < 4.78 is 5.25. The molecule has 0 saturated carbocycles. The average molecular weight is 470 g/mol. The lowest BCUT2D eigenvalue weighted by molar-refractivity contribution is -0.132. The molecule has 0 aliphatic carbocycles. The summed E-state index contributed by atoms with van der Waals surface area (Å²) in [6.45, 7) is 0. The van der Waals surface area contributed by atoms with Crippen molar-refractivity contribution in [1.29, 1.82) is 0 Å². The van der Waals surface area contributed by atoms with Crippen molar-refractivity contribution in [3.05, 3.63) is 93.5 Å². The van der Waals surface area contributed by atoms with Gasteiger partial charge in [0.25, 0.3) is 11.7 Å². The fourth-order valence-corrected chi connectivity index (χ4v) is 3.97. The van der Waals surface area contributed by atoms with E-state index in [2.05, 4.69) is 0 Å². The molecule has 1 saturated heterocycles. The summed E-state index contributed by atoms with van der Waals surface area (Å²) in [5.74, 6) is -1.66. The third-order valence-electron chi connectivity index (χ3n) is 5.15. The summed E-state index contributed by atoms with van der Waals surface area (Å²) in [7, 11) is 1.49. The number of benzene rings is 3. The Kier molecular flexibility index (Phi) is 5.82. The molecule has 3 aromatic rings.